The summed E-state index contributed by atoms with van der Waals surface area (Å²) in [4.78, 5) is 24.7. The van der Waals surface area contributed by atoms with Crippen LogP contribution in [0, 0.1) is 20.6 Å². The highest BCUT2D eigenvalue weighted by atomic mass is 16.3. The Labute approximate surface area is 123 Å². The fourth-order valence-electron chi connectivity index (χ4n) is 1.84. The second-order valence-corrected chi connectivity index (χ2v) is 3.82. The van der Waals surface area contributed by atoms with Crippen molar-refractivity contribution in [2.75, 3.05) is 6.54 Å². The highest BCUT2D eigenvalue weighted by Gasteiger charge is 2.24. The molecule has 0 spiro atoms. The minimum atomic E-state index is -0.914. The first-order valence-electron chi connectivity index (χ1n) is 5.68. The Morgan fingerprint density at radius 3 is 2.50 bits per heavy atom. The highest BCUT2D eigenvalue weighted by molar-refractivity contribution is 5.94. The van der Waals surface area contributed by atoms with E-state index in [0.29, 0.717) is 0 Å². The first-order chi connectivity index (χ1) is 10.7. The fraction of sp³-hybridized carbons (Fsp3) is 0.200. The lowest BCUT2D eigenvalue weighted by Crippen LogP contribution is -2.05. The maximum absolute atomic E-state index is 11.2. The molecule has 0 radical (unpaired) electrons. The first kappa shape index (κ1) is 16.5. The molecule has 0 amide bonds. The van der Waals surface area contributed by atoms with Crippen molar-refractivity contribution in [1.82, 2.24) is 0 Å². The van der Waals surface area contributed by atoms with E-state index in [9.17, 15) is 9.81 Å². The van der Waals surface area contributed by atoms with E-state index in [4.69, 9.17) is 22.2 Å². The molecule has 1 atom stereocenters. The quantitative estimate of drug-likeness (QED) is 0.125. The predicted octanol–water partition coefficient (Wildman–Crippen LogP) is 3.48. The van der Waals surface area contributed by atoms with Gasteiger partial charge in [0, 0.05) is 40.9 Å². The zero-order chi connectivity index (χ0) is 16.5. The van der Waals surface area contributed by atoms with Crippen LogP contribution < -0.4 is 5.84 Å². The van der Waals surface area contributed by atoms with Gasteiger partial charge in [0.2, 0.25) is 0 Å². The van der Waals surface area contributed by atoms with Gasteiger partial charge in [-0.15, -0.1) is 14.9 Å². The molecule has 12 nitrogen and oxygen atoms in total. The Morgan fingerprint density at radius 1 is 1.32 bits per heavy atom. The van der Waals surface area contributed by atoms with Gasteiger partial charge in [-0.25, -0.2) is 0 Å². The minimum absolute atomic E-state index is 0.0413. The molecule has 0 aromatic heterocycles. The van der Waals surface area contributed by atoms with Crippen LogP contribution in [0.15, 0.2) is 31.9 Å². The summed E-state index contributed by atoms with van der Waals surface area (Å²) in [6.45, 7) is -0.228. The van der Waals surface area contributed by atoms with Crippen LogP contribution in [0.5, 0.6) is 0 Å². The number of benzene rings is 1. The highest BCUT2D eigenvalue weighted by Crippen LogP contribution is 2.44. The number of hydrogen-bond acceptors (Lipinski definition) is 9. The number of nitrogens with one attached hydrogen (secondary N) is 2. The molecule has 0 saturated heterocycles. The van der Waals surface area contributed by atoms with Crippen molar-refractivity contribution in [2.24, 2.45) is 31.6 Å². The van der Waals surface area contributed by atoms with Gasteiger partial charge in [0.05, 0.1) is 0 Å². The van der Waals surface area contributed by atoms with Gasteiger partial charge in [-0.1, -0.05) is 10.3 Å². The molecule has 0 saturated carbocycles. The summed E-state index contributed by atoms with van der Waals surface area (Å²) in [7, 11) is 0. The Balaban J connectivity index is 3.79. The van der Waals surface area contributed by atoms with Gasteiger partial charge in [0.1, 0.15) is 17.1 Å². The van der Waals surface area contributed by atoms with Crippen molar-refractivity contribution in [3.8, 4) is 0 Å². The van der Waals surface area contributed by atoms with E-state index in [2.05, 4.69) is 30.7 Å². The Bertz CT molecular complexity index is 691. The molecule has 1 unspecified atom stereocenters. The average Bonchev–Trinajstić information content (AvgIpc) is 2.55. The molecule has 0 aliphatic carbocycles. The Morgan fingerprint density at radius 2 is 2.05 bits per heavy atom. The fourth-order valence-corrected chi connectivity index (χ4v) is 1.84. The summed E-state index contributed by atoms with van der Waals surface area (Å²) in [6, 6.07) is 1.18. The van der Waals surface area contributed by atoms with Gasteiger partial charge in [0.15, 0.2) is 0 Å². The third-order valence-electron chi connectivity index (χ3n) is 2.74. The standard InChI is InChI=1S/C10H10N10O2/c11-2-5-1-7(17-21)8(6(3-12)4-15-19-13)10(18-22)9(5)16-20-14/h1-3,6,11-12H,4H2,(H2,14,16). The van der Waals surface area contributed by atoms with Crippen LogP contribution in [0.3, 0.4) is 0 Å². The van der Waals surface area contributed by atoms with E-state index in [1.165, 1.54) is 6.07 Å². The predicted molar refractivity (Wildman–Crippen MR) is 79.5 cm³/mol. The van der Waals surface area contributed by atoms with Gasteiger partial charge < -0.3 is 16.7 Å². The number of rotatable bonds is 8. The van der Waals surface area contributed by atoms with Crippen LogP contribution in [0.25, 0.3) is 10.4 Å². The molecule has 4 N–H and O–H groups in total. The second-order valence-electron chi connectivity index (χ2n) is 3.82. The average molecular weight is 302 g/mol. The van der Waals surface area contributed by atoms with E-state index in [-0.39, 0.29) is 34.7 Å². The minimum Gasteiger partial charge on any atom is -0.312 e. The zero-order valence-corrected chi connectivity index (χ0v) is 11.0. The van der Waals surface area contributed by atoms with Crippen LogP contribution in [0.2, 0.25) is 0 Å². The molecule has 0 bridgehead atoms. The SMILES string of the molecule is [N-]=[N+]=NCC(C=N)c1c(N=O)cc(C=N)c(N=NN)c1N=O. The molecule has 1 aromatic rings. The number of nitrogens with zero attached hydrogens (tertiary/aromatic N) is 7. The van der Waals surface area contributed by atoms with E-state index in [0.717, 1.165) is 12.4 Å². The largest absolute Gasteiger partial charge is 0.312 e. The van der Waals surface area contributed by atoms with Gasteiger partial charge in [-0.3, -0.25) is 0 Å². The lowest BCUT2D eigenvalue weighted by atomic mass is 9.93. The summed E-state index contributed by atoms with van der Waals surface area (Å²) >= 11 is 0. The summed E-state index contributed by atoms with van der Waals surface area (Å²) < 4.78 is 0. The molecule has 0 heterocycles. The first-order valence-corrected chi connectivity index (χ1v) is 5.68. The van der Waals surface area contributed by atoms with E-state index < -0.39 is 5.92 Å². The van der Waals surface area contributed by atoms with Crippen molar-refractivity contribution in [1.29, 1.82) is 10.8 Å². The van der Waals surface area contributed by atoms with Crippen LogP contribution >= 0.6 is 0 Å². The van der Waals surface area contributed by atoms with Crippen molar-refractivity contribution in [2.45, 2.75) is 5.92 Å². The Hall–Kier alpha value is -3.53. The lowest BCUT2D eigenvalue weighted by molar-refractivity contribution is 0.889. The van der Waals surface area contributed by atoms with Crippen molar-refractivity contribution in [3.05, 3.63) is 37.5 Å². The third kappa shape index (κ3) is 3.13. The number of nitroso groups, excluding NO2 is 2. The van der Waals surface area contributed by atoms with Gasteiger partial charge in [-0.05, 0) is 22.0 Å². The van der Waals surface area contributed by atoms with Gasteiger partial charge in [-0.2, -0.15) is 0 Å². The maximum atomic E-state index is 11.2. The lowest BCUT2D eigenvalue weighted by Gasteiger charge is -2.15. The molecule has 0 aliphatic rings. The summed E-state index contributed by atoms with van der Waals surface area (Å²) in [5.74, 6) is 4.05. The third-order valence-corrected chi connectivity index (χ3v) is 2.74. The van der Waals surface area contributed by atoms with Crippen LogP contribution in [-0.4, -0.2) is 19.0 Å². The van der Waals surface area contributed by atoms with Crippen LogP contribution in [0.4, 0.5) is 17.1 Å². The molecule has 0 aliphatic heterocycles. The van der Waals surface area contributed by atoms with Crippen LogP contribution in [0.1, 0.15) is 17.0 Å². The Kier molecular flexibility index (Phi) is 5.94. The van der Waals surface area contributed by atoms with Gasteiger partial charge >= 0.3 is 0 Å². The van der Waals surface area contributed by atoms with Crippen molar-refractivity contribution in [3.63, 3.8) is 0 Å². The number of nitrogens with two attached hydrogens (primary N) is 1. The molecule has 22 heavy (non-hydrogen) atoms. The van der Waals surface area contributed by atoms with Crippen LogP contribution in [-0.2, 0) is 0 Å². The molecule has 12 heteroatoms. The zero-order valence-electron chi connectivity index (χ0n) is 11.0. The normalized spacial score (nSPS) is 11.5. The topological polar surface area (TPSA) is 206 Å². The monoisotopic (exact) mass is 302 g/mol. The van der Waals surface area contributed by atoms with Crippen molar-refractivity contribution >= 4 is 29.5 Å². The molecular formula is C10H10N10O2. The maximum Gasteiger partial charge on any atom is 0.142 e. The molecule has 0 fully saturated rings. The summed E-state index contributed by atoms with van der Waals surface area (Å²) in [5, 5.41) is 30.1. The van der Waals surface area contributed by atoms with Gasteiger partial charge in [0.25, 0.3) is 0 Å². The van der Waals surface area contributed by atoms with Crippen molar-refractivity contribution < 1.29 is 0 Å². The smallest absolute Gasteiger partial charge is 0.142 e. The van der Waals surface area contributed by atoms with E-state index in [1.807, 2.05) is 0 Å². The summed E-state index contributed by atoms with van der Waals surface area (Å²) in [5.41, 5.74) is 7.68. The molecule has 1 rings (SSSR count). The second kappa shape index (κ2) is 7.91. The molecule has 1 aromatic carbocycles. The van der Waals surface area contributed by atoms with E-state index in [1.54, 1.807) is 0 Å². The number of azide groups is 1. The molecular weight excluding hydrogens is 292 g/mol. The van der Waals surface area contributed by atoms with E-state index >= 15 is 0 Å². The number of hydrogen-bond donors (Lipinski definition) is 3. The molecule has 112 valence electrons. The summed E-state index contributed by atoms with van der Waals surface area (Å²) in [6.07, 6.45) is 1.70.